The number of aliphatic hydroxyl groups excluding tert-OH is 1. The molecule has 3 rings (SSSR count). The Hall–Kier alpha value is -3.32. The molecule has 2 aromatic carbocycles. The molecule has 1 heterocycles. The zero-order valence-electron chi connectivity index (χ0n) is 19.7. The van der Waals surface area contributed by atoms with Gasteiger partial charge in [0.2, 0.25) is 0 Å². The van der Waals surface area contributed by atoms with Gasteiger partial charge in [-0.1, -0.05) is 26.0 Å². The molecule has 2 aromatic rings. The van der Waals surface area contributed by atoms with E-state index in [0.717, 1.165) is 5.56 Å². The summed E-state index contributed by atoms with van der Waals surface area (Å²) in [5.41, 5.74) is 1.80. The largest absolute Gasteiger partial charge is 0.508 e. The lowest BCUT2D eigenvalue weighted by atomic mass is 9.93. The second-order valence-corrected chi connectivity index (χ2v) is 8.62. The van der Waals surface area contributed by atoms with Gasteiger partial charge in [0, 0.05) is 12.1 Å². The summed E-state index contributed by atoms with van der Waals surface area (Å²) in [7, 11) is 1.58. The van der Waals surface area contributed by atoms with Gasteiger partial charge < -0.3 is 24.6 Å². The number of ether oxygens (including phenoxy) is 2. The Bertz CT molecular complexity index is 1070. The molecule has 176 valence electrons. The lowest BCUT2D eigenvalue weighted by molar-refractivity contribution is -0.140. The van der Waals surface area contributed by atoms with Gasteiger partial charge in [0.1, 0.15) is 17.3 Å². The molecule has 0 radical (unpaired) electrons. The average Bonchev–Trinajstić information content (AvgIpc) is 3.03. The Balaban J connectivity index is 2.14. The molecule has 2 N–H and O–H groups in total. The number of hydrogen-bond donors (Lipinski definition) is 2. The third-order valence-electron chi connectivity index (χ3n) is 5.63. The number of aromatic hydroxyl groups is 1. The average molecular weight is 454 g/mol. The molecule has 0 aliphatic carbocycles. The minimum Gasteiger partial charge on any atom is -0.508 e. The van der Waals surface area contributed by atoms with E-state index in [-0.39, 0.29) is 42.3 Å². The summed E-state index contributed by atoms with van der Waals surface area (Å²) in [4.78, 5) is 27.5. The summed E-state index contributed by atoms with van der Waals surface area (Å²) in [6.07, 6.45) is -0.0326. The summed E-state index contributed by atoms with van der Waals surface area (Å²) < 4.78 is 11.0. The van der Waals surface area contributed by atoms with Crippen molar-refractivity contribution < 1.29 is 29.3 Å². The smallest absolute Gasteiger partial charge is 0.295 e. The molecule has 0 spiro atoms. The van der Waals surface area contributed by atoms with Gasteiger partial charge in [0.05, 0.1) is 31.4 Å². The zero-order valence-corrected chi connectivity index (χ0v) is 19.7. The molecule has 0 bridgehead atoms. The number of phenols is 1. The van der Waals surface area contributed by atoms with Crippen LogP contribution in [0.15, 0.2) is 48.0 Å². The van der Waals surface area contributed by atoms with Crippen molar-refractivity contribution in [1.29, 1.82) is 0 Å². The van der Waals surface area contributed by atoms with Gasteiger partial charge >= 0.3 is 0 Å². The lowest BCUT2D eigenvalue weighted by Crippen LogP contribution is -2.33. The fourth-order valence-corrected chi connectivity index (χ4v) is 4.03. The van der Waals surface area contributed by atoms with Crippen molar-refractivity contribution in [3.63, 3.8) is 0 Å². The number of hydrogen-bond acceptors (Lipinski definition) is 6. The zero-order chi connectivity index (χ0) is 24.3. The Morgan fingerprint density at radius 1 is 1.09 bits per heavy atom. The van der Waals surface area contributed by atoms with Crippen LogP contribution in [0.1, 0.15) is 56.3 Å². The number of Topliss-reactive ketones (excluding diaryl/α,β-unsaturated/α-hetero) is 1. The minimum atomic E-state index is -0.850. The van der Waals surface area contributed by atoms with Crippen LogP contribution in [0, 0.1) is 0 Å². The fourth-order valence-electron chi connectivity index (χ4n) is 4.03. The van der Waals surface area contributed by atoms with Crippen LogP contribution in [-0.4, -0.2) is 53.2 Å². The molecular formula is C26H31NO6. The van der Waals surface area contributed by atoms with E-state index in [4.69, 9.17) is 9.47 Å². The monoisotopic (exact) mass is 453 g/mol. The van der Waals surface area contributed by atoms with Gasteiger partial charge in [0.15, 0.2) is 0 Å². The van der Waals surface area contributed by atoms with Crippen LogP contribution in [0.4, 0.5) is 0 Å². The topological polar surface area (TPSA) is 96.3 Å². The first-order valence-corrected chi connectivity index (χ1v) is 11.0. The lowest BCUT2D eigenvalue weighted by Gasteiger charge is -2.26. The van der Waals surface area contributed by atoms with E-state index in [1.54, 1.807) is 37.4 Å². The number of benzene rings is 2. The second-order valence-electron chi connectivity index (χ2n) is 8.62. The Morgan fingerprint density at radius 3 is 2.42 bits per heavy atom. The summed E-state index contributed by atoms with van der Waals surface area (Å²) in [5, 5.41) is 21.3. The highest BCUT2D eigenvalue weighted by atomic mass is 16.5. The number of methoxy groups -OCH3 is 1. The predicted molar refractivity (Wildman–Crippen MR) is 125 cm³/mol. The van der Waals surface area contributed by atoms with E-state index in [1.807, 2.05) is 27.7 Å². The van der Waals surface area contributed by atoms with Crippen LogP contribution in [0.2, 0.25) is 0 Å². The highest BCUT2D eigenvalue weighted by Crippen LogP contribution is 2.41. The third kappa shape index (κ3) is 5.03. The molecule has 1 saturated heterocycles. The van der Waals surface area contributed by atoms with Crippen LogP contribution < -0.4 is 4.74 Å². The molecule has 0 aromatic heterocycles. The van der Waals surface area contributed by atoms with Crippen molar-refractivity contribution in [3.05, 3.63) is 64.7 Å². The van der Waals surface area contributed by atoms with Crippen molar-refractivity contribution in [2.75, 3.05) is 20.3 Å². The van der Waals surface area contributed by atoms with Crippen molar-refractivity contribution in [1.82, 2.24) is 4.90 Å². The van der Waals surface area contributed by atoms with Crippen LogP contribution in [-0.2, 0) is 14.3 Å². The number of carbonyl (C=O) groups is 2. The number of amides is 1. The van der Waals surface area contributed by atoms with Gasteiger partial charge in [-0.15, -0.1) is 0 Å². The number of aliphatic hydroxyl groups is 1. The van der Waals surface area contributed by atoms with E-state index in [2.05, 4.69) is 0 Å². The Kier molecular flexibility index (Phi) is 7.43. The van der Waals surface area contributed by atoms with Gasteiger partial charge in [-0.25, -0.2) is 0 Å². The maximum atomic E-state index is 13.1. The van der Waals surface area contributed by atoms with Gasteiger partial charge in [0.25, 0.3) is 11.7 Å². The van der Waals surface area contributed by atoms with Crippen molar-refractivity contribution in [2.45, 2.75) is 45.8 Å². The number of ketones is 1. The highest BCUT2D eigenvalue weighted by molar-refractivity contribution is 6.46. The van der Waals surface area contributed by atoms with Crippen LogP contribution in [0.3, 0.4) is 0 Å². The van der Waals surface area contributed by atoms with Crippen molar-refractivity contribution in [3.8, 4) is 11.5 Å². The molecule has 7 heteroatoms. The van der Waals surface area contributed by atoms with Crippen LogP contribution >= 0.6 is 0 Å². The molecule has 7 nitrogen and oxygen atoms in total. The van der Waals surface area contributed by atoms with E-state index in [0.29, 0.717) is 16.9 Å². The van der Waals surface area contributed by atoms with E-state index in [9.17, 15) is 19.8 Å². The molecule has 1 unspecified atom stereocenters. The molecule has 1 amide bonds. The number of nitrogens with zero attached hydrogens (tertiary/aromatic N) is 1. The number of rotatable bonds is 8. The molecule has 1 aliphatic rings. The Morgan fingerprint density at radius 2 is 1.82 bits per heavy atom. The standard InChI is InChI=1S/C26H31NO6/c1-15(2)20-14-18(9-10-21(20)32-5)24(29)22-23(17-7-6-8-19(28)13-17)27(26(31)25(22)30)11-12-33-16(3)4/h6-10,13-16,23,28-29H,11-12H2,1-5H3/b24-22-. The van der Waals surface area contributed by atoms with Crippen molar-refractivity contribution in [2.24, 2.45) is 0 Å². The first-order chi connectivity index (χ1) is 15.6. The maximum Gasteiger partial charge on any atom is 0.295 e. The normalized spacial score (nSPS) is 17.9. The minimum absolute atomic E-state index is 0.00283. The summed E-state index contributed by atoms with van der Waals surface area (Å²) in [6, 6.07) is 10.7. The summed E-state index contributed by atoms with van der Waals surface area (Å²) in [5.74, 6) is -0.953. The quantitative estimate of drug-likeness (QED) is 0.350. The SMILES string of the molecule is COc1ccc(/C(O)=C2/C(=O)C(=O)N(CCOC(C)C)C2c2cccc(O)c2)cc1C(C)C. The van der Waals surface area contributed by atoms with Gasteiger partial charge in [-0.2, -0.15) is 0 Å². The van der Waals surface area contributed by atoms with Crippen LogP contribution in [0.5, 0.6) is 11.5 Å². The number of phenolic OH excluding ortho intramolecular Hbond substituents is 1. The summed E-state index contributed by atoms with van der Waals surface area (Å²) in [6.45, 7) is 8.18. The van der Waals surface area contributed by atoms with Crippen molar-refractivity contribution >= 4 is 17.4 Å². The molecule has 1 fully saturated rings. The highest BCUT2D eigenvalue weighted by Gasteiger charge is 2.46. The number of likely N-dealkylation sites (tertiary alicyclic amines) is 1. The predicted octanol–water partition coefficient (Wildman–Crippen LogP) is 4.37. The molecular weight excluding hydrogens is 422 g/mol. The first kappa shape index (κ1) is 24.3. The molecule has 1 atom stereocenters. The van der Waals surface area contributed by atoms with Gasteiger partial charge in [-0.3, -0.25) is 9.59 Å². The number of carbonyl (C=O) groups excluding carboxylic acids is 2. The molecule has 0 saturated carbocycles. The van der Waals surface area contributed by atoms with Gasteiger partial charge in [-0.05, 0) is 61.2 Å². The van der Waals surface area contributed by atoms with E-state index in [1.165, 1.54) is 17.0 Å². The van der Waals surface area contributed by atoms with Crippen LogP contribution in [0.25, 0.3) is 5.76 Å². The fraction of sp³-hybridized carbons (Fsp3) is 0.385. The second kappa shape index (κ2) is 10.1. The maximum absolute atomic E-state index is 13.1. The van der Waals surface area contributed by atoms with E-state index < -0.39 is 17.7 Å². The molecule has 33 heavy (non-hydrogen) atoms. The Labute approximate surface area is 194 Å². The first-order valence-electron chi connectivity index (χ1n) is 11.0. The summed E-state index contributed by atoms with van der Waals surface area (Å²) >= 11 is 0. The molecule has 1 aliphatic heterocycles. The van der Waals surface area contributed by atoms with E-state index >= 15 is 0 Å². The third-order valence-corrected chi connectivity index (χ3v) is 5.63.